The third-order valence-electron chi connectivity index (χ3n) is 1.41. The highest BCUT2D eigenvalue weighted by molar-refractivity contribution is 5.40. The summed E-state index contributed by atoms with van der Waals surface area (Å²) in [4.78, 5) is 11.9. The maximum atomic E-state index is 12.8. The molecule has 1 N–H and O–H groups in total. The van der Waals surface area contributed by atoms with Crippen molar-refractivity contribution < 1.29 is 18.7 Å². The van der Waals surface area contributed by atoms with Crippen LogP contribution in [0.2, 0.25) is 0 Å². The number of alkyl halides is 2. The molecule has 0 aliphatic heterocycles. The summed E-state index contributed by atoms with van der Waals surface area (Å²) in [6.45, 7) is 0. The van der Waals surface area contributed by atoms with Crippen LogP contribution in [0.15, 0.2) is 29.3 Å². The minimum Gasteiger partial charge on any atom is -0.507 e. The van der Waals surface area contributed by atoms with Crippen molar-refractivity contribution in [3.8, 4) is 5.75 Å². The van der Waals surface area contributed by atoms with Crippen molar-refractivity contribution in [3.05, 3.63) is 29.8 Å². The van der Waals surface area contributed by atoms with Gasteiger partial charge in [-0.3, -0.25) is 0 Å². The molecular weight excluding hydrogens is 180 g/mol. The quantitative estimate of drug-likeness (QED) is 0.433. The number of rotatable bonds is 2. The van der Waals surface area contributed by atoms with Crippen molar-refractivity contribution in [3.63, 3.8) is 0 Å². The SMILES string of the molecule is O=C=NC(F)(F)c1ccccc1O. The van der Waals surface area contributed by atoms with Crippen LogP contribution in [0.1, 0.15) is 5.56 Å². The van der Waals surface area contributed by atoms with Crippen LogP contribution in [0, 0.1) is 0 Å². The fourth-order valence-corrected chi connectivity index (χ4v) is 0.846. The average Bonchev–Trinajstić information content (AvgIpc) is 2.04. The molecule has 0 saturated carbocycles. The summed E-state index contributed by atoms with van der Waals surface area (Å²) in [5.41, 5.74) is -0.710. The molecule has 3 nitrogen and oxygen atoms in total. The zero-order chi connectivity index (χ0) is 9.90. The van der Waals surface area contributed by atoms with Crippen molar-refractivity contribution in [2.24, 2.45) is 4.99 Å². The first-order chi connectivity index (χ1) is 6.08. The van der Waals surface area contributed by atoms with E-state index in [0.29, 0.717) is 0 Å². The van der Waals surface area contributed by atoms with Crippen LogP contribution in [0.25, 0.3) is 0 Å². The third-order valence-corrected chi connectivity index (χ3v) is 1.41. The average molecular weight is 185 g/mol. The Kier molecular flexibility index (Phi) is 2.39. The zero-order valence-electron chi connectivity index (χ0n) is 6.37. The number of carbonyl (C=O) groups excluding carboxylic acids is 1. The van der Waals surface area contributed by atoms with Gasteiger partial charge in [-0.25, -0.2) is 4.79 Å². The van der Waals surface area contributed by atoms with E-state index in [-0.39, 0.29) is 0 Å². The van der Waals surface area contributed by atoms with Gasteiger partial charge in [-0.1, -0.05) is 12.1 Å². The lowest BCUT2D eigenvalue weighted by atomic mass is 10.2. The maximum Gasteiger partial charge on any atom is 0.382 e. The normalized spacial score (nSPS) is 10.6. The summed E-state index contributed by atoms with van der Waals surface area (Å²) in [6.07, 6.45) is 0.748. The largest absolute Gasteiger partial charge is 0.507 e. The smallest absolute Gasteiger partial charge is 0.382 e. The van der Waals surface area contributed by atoms with Gasteiger partial charge in [-0.15, -0.1) is 4.99 Å². The fourth-order valence-electron chi connectivity index (χ4n) is 0.846. The Bertz CT molecular complexity index is 359. The van der Waals surface area contributed by atoms with E-state index in [1.54, 1.807) is 0 Å². The van der Waals surface area contributed by atoms with Gasteiger partial charge < -0.3 is 5.11 Å². The van der Waals surface area contributed by atoms with Gasteiger partial charge in [0.1, 0.15) is 5.75 Å². The number of halogens is 2. The number of nitrogens with zero attached hydrogens (tertiary/aromatic N) is 1. The number of phenols is 1. The first-order valence-corrected chi connectivity index (χ1v) is 3.33. The molecule has 1 rings (SSSR count). The Labute approximate surface area is 72.3 Å². The van der Waals surface area contributed by atoms with Crippen molar-refractivity contribution in [1.82, 2.24) is 0 Å². The van der Waals surface area contributed by atoms with E-state index >= 15 is 0 Å². The third kappa shape index (κ3) is 1.89. The highest BCUT2D eigenvalue weighted by Crippen LogP contribution is 2.34. The molecule has 0 fully saturated rings. The Hall–Kier alpha value is -1.74. The van der Waals surface area contributed by atoms with Crippen LogP contribution in [0.3, 0.4) is 0 Å². The summed E-state index contributed by atoms with van der Waals surface area (Å²) in [6, 6.07) is 1.05. The van der Waals surface area contributed by atoms with Crippen LogP contribution in [-0.4, -0.2) is 11.2 Å². The summed E-state index contributed by atoms with van der Waals surface area (Å²) in [5, 5.41) is 9.00. The van der Waals surface area contributed by atoms with Crippen LogP contribution >= 0.6 is 0 Å². The Morgan fingerprint density at radius 1 is 1.38 bits per heavy atom. The molecule has 0 amide bonds. The number of isocyanates is 1. The summed E-state index contributed by atoms with van der Waals surface area (Å²) in [5.74, 6) is -0.605. The number of hydrogen-bond acceptors (Lipinski definition) is 3. The molecule has 5 heteroatoms. The predicted molar refractivity (Wildman–Crippen MR) is 40.1 cm³/mol. The summed E-state index contributed by atoms with van der Waals surface area (Å²) < 4.78 is 25.7. The van der Waals surface area contributed by atoms with E-state index in [1.807, 2.05) is 0 Å². The highest BCUT2D eigenvalue weighted by atomic mass is 19.3. The van der Waals surface area contributed by atoms with E-state index in [1.165, 1.54) is 12.1 Å². The Morgan fingerprint density at radius 3 is 2.54 bits per heavy atom. The molecule has 0 unspecified atom stereocenters. The molecule has 0 radical (unpaired) electrons. The molecule has 1 aromatic carbocycles. The second-order valence-electron chi connectivity index (χ2n) is 2.26. The van der Waals surface area contributed by atoms with Crippen molar-refractivity contribution in [2.45, 2.75) is 6.05 Å². The molecule has 0 saturated heterocycles. The Balaban J connectivity index is 3.21. The summed E-state index contributed by atoms with van der Waals surface area (Å²) in [7, 11) is 0. The lowest BCUT2D eigenvalue weighted by molar-refractivity contribution is 0.00399. The van der Waals surface area contributed by atoms with Gasteiger partial charge in [-0.2, -0.15) is 8.78 Å². The molecule has 0 atom stereocenters. The second-order valence-corrected chi connectivity index (χ2v) is 2.26. The van der Waals surface area contributed by atoms with Crippen LogP contribution in [0.5, 0.6) is 5.75 Å². The van der Waals surface area contributed by atoms with Gasteiger partial charge in [0.25, 0.3) is 0 Å². The van der Waals surface area contributed by atoms with Crippen LogP contribution in [-0.2, 0) is 10.8 Å². The Morgan fingerprint density at radius 2 is 2.00 bits per heavy atom. The number of aromatic hydroxyl groups is 1. The lowest BCUT2D eigenvalue weighted by Gasteiger charge is -2.09. The molecule has 0 spiro atoms. The first-order valence-electron chi connectivity index (χ1n) is 3.33. The monoisotopic (exact) mass is 185 g/mol. The second kappa shape index (κ2) is 3.33. The number of para-hydroxylation sites is 1. The van der Waals surface area contributed by atoms with Crippen LogP contribution in [0.4, 0.5) is 8.78 Å². The molecule has 68 valence electrons. The zero-order valence-corrected chi connectivity index (χ0v) is 6.37. The van der Waals surface area contributed by atoms with Gasteiger partial charge in [0, 0.05) is 0 Å². The van der Waals surface area contributed by atoms with Crippen molar-refractivity contribution in [2.75, 3.05) is 0 Å². The van der Waals surface area contributed by atoms with Gasteiger partial charge in [0.05, 0.1) is 5.56 Å². The van der Waals surface area contributed by atoms with E-state index in [2.05, 4.69) is 4.99 Å². The standard InChI is InChI=1S/C8H5F2NO2/c9-8(10,11-5-12)6-3-1-2-4-7(6)13/h1-4,13H. The lowest BCUT2D eigenvalue weighted by Crippen LogP contribution is -2.09. The molecule has 0 aromatic heterocycles. The topological polar surface area (TPSA) is 49.7 Å². The number of phenolic OH excluding ortho intramolecular Hbond substituents is 1. The number of hydrogen-bond donors (Lipinski definition) is 1. The molecule has 1 aromatic rings. The molecule has 0 aliphatic carbocycles. The molecule has 13 heavy (non-hydrogen) atoms. The van der Waals surface area contributed by atoms with E-state index in [4.69, 9.17) is 5.11 Å². The molecular formula is C8H5F2NO2. The van der Waals surface area contributed by atoms with Gasteiger partial charge in [-0.05, 0) is 12.1 Å². The minimum absolute atomic E-state index is 0.605. The van der Waals surface area contributed by atoms with Crippen LogP contribution < -0.4 is 0 Å². The van der Waals surface area contributed by atoms with Crippen molar-refractivity contribution >= 4 is 6.08 Å². The van der Waals surface area contributed by atoms with Gasteiger partial charge in [0.15, 0.2) is 0 Å². The number of benzene rings is 1. The molecule has 0 aliphatic rings. The maximum absolute atomic E-state index is 12.8. The molecule has 0 heterocycles. The minimum atomic E-state index is -3.72. The summed E-state index contributed by atoms with van der Waals surface area (Å²) >= 11 is 0. The van der Waals surface area contributed by atoms with E-state index < -0.39 is 17.4 Å². The van der Waals surface area contributed by atoms with E-state index in [9.17, 15) is 13.6 Å². The van der Waals surface area contributed by atoms with Gasteiger partial charge in [0.2, 0.25) is 6.08 Å². The van der Waals surface area contributed by atoms with Gasteiger partial charge >= 0.3 is 6.05 Å². The van der Waals surface area contributed by atoms with Crippen molar-refractivity contribution in [1.29, 1.82) is 0 Å². The molecule has 0 bridgehead atoms. The predicted octanol–water partition coefficient (Wildman–Crippen LogP) is 1.78. The fraction of sp³-hybridized carbons (Fsp3) is 0.125. The highest BCUT2D eigenvalue weighted by Gasteiger charge is 2.33. The van der Waals surface area contributed by atoms with E-state index in [0.717, 1.165) is 18.2 Å². The number of aliphatic imine (C=N–C) groups is 1. The first kappa shape index (κ1) is 9.35.